The number of allylic oxidation sites excluding steroid dienone is 1. The molecular weight excluding hydrogens is 396 g/mol. The minimum absolute atomic E-state index is 0.0826. The van der Waals surface area contributed by atoms with Crippen molar-refractivity contribution in [2.24, 2.45) is 0 Å². The molecule has 0 radical (unpaired) electrons. The lowest BCUT2D eigenvalue weighted by atomic mass is 9.77. The number of Topliss-reactive ketones (excluding diaryl/α,β-unsaturated/α-hetero) is 1. The first-order valence-electron chi connectivity index (χ1n) is 9.47. The summed E-state index contributed by atoms with van der Waals surface area (Å²) in [5.74, 6) is -0.920. The van der Waals surface area contributed by atoms with Crippen LogP contribution in [0.4, 0.5) is 0 Å². The standard InChI is InChI=1S/C21H28O9/c1-2-5-14-6-3-4-7-15(14)18(26)21(28)16(11-24)30-20(17(25)19(21)27)29-12-13(10-23)8-9-22/h2-8,16-17,19-20,22-25,27-28H,9-12H2,1H3/t16-,17-,19-,20+,21+/m1/s1. The van der Waals surface area contributed by atoms with E-state index >= 15 is 0 Å². The van der Waals surface area contributed by atoms with Crippen molar-refractivity contribution in [2.75, 3.05) is 26.4 Å². The molecule has 9 heteroatoms. The van der Waals surface area contributed by atoms with Crippen molar-refractivity contribution in [3.63, 3.8) is 0 Å². The number of aliphatic hydroxyl groups is 6. The summed E-state index contributed by atoms with van der Waals surface area (Å²) in [6.45, 7) is -0.0889. The van der Waals surface area contributed by atoms with Crippen LogP contribution in [0.1, 0.15) is 22.8 Å². The van der Waals surface area contributed by atoms with Gasteiger partial charge in [0.1, 0.15) is 18.3 Å². The maximum absolute atomic E-state index is 13.2. The average molecular weight is 424 g/mol. The molecule has 0 aromatic heterocycles. The Balaban J connectivity index is 2.31. The number of ketones is 1. The summed E-state index contributed by atoms with van der Waals surface area (Å²) in [4.78, 5) is 13.2. The third-order valence-electron chi connectivity index (χ3n) is 4.94. The number of hydrogen-bond donors (Lipinski definition) is 6. The van der Waals surface area contributed by atoms with Gasteiger partial charge in [0.25, 0.3) is 0 Å². The third kappa shape index (κ3) is 4.85. The van der Waals surface area contributed by atoms with Crippen LogP contribution >= 0.6 is 0 Å². The van der Waals surface area contributed by atoms with Gasteiger partial charge in [0, 0.05) is 5.56 Å². The van der Waals surface area contributed by atoms with E-state index in [9.17, 15) is 30.3 Å². The van der Waals surface area contributed by atoms with Crippen LogP contribution in [0.2, 0.25) is 0 Å². The molecule has 1 saturated heterocycles. The monoisotopic (exact) mass is 424 g/mol. The lowest BCUT2D eigenvalue weighted by Gasteiger charge is -2.46. The summed E-state index contributed by atoms with van der Waals surface area (Å²) in [7, 11) is 0. The van der Waals surface area contributed by atoms with E-state index in [0.29, 0.717) is 11.1 Å². The third-order valence-corrected chi connectivity index (χ3v) is 4.94. The Morgan fingerprint density at radius 2 is 1.93 bits per heavy atom. The lowest BCUT2D eigenvalue weighted by Crippen LogP contribution is -2.70. The van der Waals surface area contributed by atoms with Crippen molar-refractivity contribution in [3.05, 3.63) is 53.1 Å². The summed E-state index contributed by atoms with van der Waals surface area (Å²) in [5.41, 5.74) is -1.77. The minimum Gasteiger partial charge on any atom is -0.394 e. The highest BCUT2D eigenvalue weighted by molar-refractivity contribution is 6.06. The molecule has 5 atom stereocenters. The van der Waals surface area contributed by atoms with Gasteiger partial charge in [-0.3, -0.25) is 4.79 Å². The highest BCUT2D eigenvalue weighted by atomic mass is 16.7. The average Bonchev–Trinajstić information content (AvgIpc) is 2.76. The zero-order chi connectivity index (χ0) is 22.3. The Labute approximate surface area is 174 Å². The van der Waals surface area contributed by atoms with Crippen molar-refractivity contribution in [1.29, 1.82) is 0 Å². The summed E-state index contributed by atoms with van der Waals surface area (Å²) < 4.78 is 10.7. The molecule has 9 nitrogen and oxygen atoms in total. The van der Waals surface area contributed by atoms with Gasteiger partial charge < -0.3 is 40.1 Å². The molecule has 0 bridgehead atoms. The summed E-state index contributed by atoms with van der Waals surface area (Å²) in [6, 6.07) is 6.39. The first kappa shape index (κ1) is 24.3. The zero-order valence-corrected chi connectivity index (χ0v) is 16.6. The Morgan fingerprint density at radius 3 is 2.53 bits per heavy atom. The van der Waals surface area contributed by atoms with Gasteiger partial charge in [-0.2, -0.15) is 0 Å². The molecule has 0 spiro atoms. The second-order valence-electron chi connectivity index (χ2n) is 6.87. The fourth-order valence-electron chi connectivity index (χ4n) is 3.28. The Hall–Kier alpha value is -1.95. The van der Waals surface area contributed by atoms with Gasteiger partial charge in [0.2, 0.25) is 5.78 Å². The van der Waals surface area contributed by atoms with Crippen molar-refractivity contribution in [3.8, 4) is 0 Å². The zero-order valence-electron chi connectivity index (χ0n) is 16.6. The number of benzene rings is 1. The van der Waals surface area contributed by atoms with Gasteiger partial charge in [-0.15, -0.1) is 0 Å². The van der Waals surface area contributed by atoms with Crippen LogP contribution in [0.25, 0.3) is 6.08 Å². The van der Waals surface area contributed by atoms with Crippen molar-refractivity contribution >= 4 is 11.9 Å². The Morgan fingerprint density at radius 1 is 1.23 bits per heavy atom. The molecule has 1 fully saturated rings. The number of rotatable bonds is 9. The van der Waals surface area contributed by atoms with E-state index in [1.54, 1.807) is 37.3 Å². The van der Waals surface area contributed by atoms with Crippen molar-refractivity contribution in [1.82, 2.24) is 0 Å². The van der Waals surface area contributed by atoms with Gasteiger partial charge in [0.05, 0.1) is 26.4 Å². The number of aliphatic hydroxyl groups excluding tert-OH is 5. The molecule has 0 amide bonds. The van der Waals surface area contributed by atoms with E-state index in [1.165, 1.54) is 12.1 Å². The highest BCUT2D eigenvalue weighted by Crippen LogP contribution is 2.34. The van der Waals surface area contributed by atoms with E-state index in [1.807, 2.05) is 0 Å². The number of hydrogen-bond acceptors (Lipinski definition) is 9. The molecule has 0 unspecified atom stereocenters. The topological polar surface area (TPSA) is 157 Å². The summed E-state index contributed by atoms with van der Waals surface area (Å²) in [5, 5.41) is 60.0. The van der Waals surface area contributed by atoms with Gasteiger partial charge in [0.15, 0.2) is 11.9 Å². The summed E-state index contributed by atoms with van der Waals surface area (Å²) >= 11 is 0. The van der Waals surface area contributed by atoms with Crippen LogP contribution in [0.5, 0.6) is 0 Å². The fraction of sp³-hybridized carbons (Fsp3) is 0.476. The largest absolute Gasteiger partial charge is 0.394 e. The van der Waals surface area contributed by atoms with E-state index in [0.717, 1.165) is 0 Å². The molecule has 30 heavy (non-hydrogen) atoms. The molecule has 0 aliphatic carbocycles. The van der Waals surface area contributed by atoms with Gasteiger partial charge in [-0.1, -0.05) is 42.5 Å². The van der Waals surface area contributed by atoms with E-state index in [2.05, 4.69) is 0 Å². The van der Waals surface area contributed by atoms with Crippen LogP contribution in [-0.2, 0) is 9.47 Å². The first-order valence-corrected chi connectivity index (χ1v) is 9.47. The molecular formula is C21H28O9. The van der Waals surface area contributed by atoms with Crippen LogP contribution in [0.15, 0.2) is 42.0 Å². The predicted molar refractivity (Wildman–Crippen MR) is 106 cm³/mol. The lowest BCUT2D eigenvalue weighted by molar-refractivity contribution is -0.316. The van der Waals surface area contributed by atoms with Crippen LogP contribution in [0, 0.1) is 0 Å². The van der Waals surface area contributed by atoms with Gasteiger partial charge >= 0.3 is 0 Å². The molecule has 2 rings (SSSR count). The van der Waals surface area contributed by atoms with Crippen LogP contribution in [0.3, 0.4) is 0 Å². The van der Waals surface area contributed by atoms with Gasteiger partial charge in [-0.05, 0) is 18.1 Å². The first-order chi connectivity index (χ1) is 14.3. The maximum Gasteiger partial charge on any atom is 0.200 e. The molecule has 1 heterocycles. The molecule has 166 valence electrons. The number of carbonyl (C=O) groups is 1. The van der Waals surface area contributed by atoms with E-state index in [4.69, 9.17) is 14.6 Å². The van der Waals surface area contributed by atoms with Crippen LogP contribution < -0.4 is 0 Å². The molecule has 1 aliphatic heterocycles. The Bertz CT molecular complexity index is 771. The van der Waals surface area contributed by atoms with Crippen molar-refractivity contribution < 1.29 is 44.9 Å². The second kappa shape index (κ2) is 10.9. The van der Waals surface area contributed by atoms with Crippen LogP contribution in [-0.4, -0.2) is 93.1 Å². The predicted octanol–water partition coefficient (Wildman–Crippen LogP) is -1.000. The van der Waals surface area contributed by atoms with Gasteiger partial charge in [-0.25, -0.2) is 0 Å². The quantitative estimate of drug-likeness (QED) is 0.216. The second-order valence-corrected chi connectivity index (χ2v) is 6.87. The SMILES string of the molecule is CC=Cc1ccccc1C(=O)[C@]1(O)[C@H](O)[C@@H](O)[C@@H](OCC(=CCO)CO)O[C@@H]1CO. The molecule has 0 saturated carbocycles. The van der Waals surface area contributed by atoms with E-state index < -0.39 is 49.2 Å². The maximum atomic E-state index is 13.2. The molecule has 1 aromatic carbocycles. The molecule has 1 aliphatic rings. The number of carbonyl (C=O) groups excluding carboxylic acids is 1. The normalized spacial score (nSPS) is 30.0. The molecule has 6 N–H and O–H groups in total. The van der Waals surface area contributed by atoms with Crippen molar-refractivity contribution in [2.45, 2.75) is 37.1 Å². The smallest absolute Gasteiger partial charge is 0.200 e. The molecule has 1 aromatic rings. The highest BCUT2D eigenvalue weighted by Gasteiger charge is 2.59. The van der Waals surface area contributed by atoms with E-state index in [-0.39, 0.29) is 18.8 Å². The minimum atomic E-state index is -2.63. The fourth-order valence-corrected chi connectivity index (χ4v) is 3.28. The Kier molecular flexibility index (Phi) is 8.83. The summed E-state index contributed by atoms with van der Waals surface area (Å²) in [6.07, 6.45) is -2.30. The number of ether oxygens (including phenoxy) is 2.